The summed E-state index contributed by atoms with van der Waals surface area (Å²) in [5, 5.41) is 3.86. The second kappa shape index (κ2) is 8.89. The molecular formula is C24H30N4O3. The van der Waals surface area contributed by atoms with Crippen LogP contribution in [0.5, 0.6) is 11.5 Å². The maximum atomic E-state index is 12.9. The molecule has 7 nitrogen and oxygen atoms in total. The lowest BCUT2D eigenvalue weighted by Gasteiger charge is -2.36. The number of nitrogens with zero attached hydrogens (tertiary/aromatic N) is 2. The van der Waals surface area contributed by atoms with Crippen LogP contribution in [0.25, 0.3) is 10.9 Å². The summed E-state index contributed by atoms with van der Waals surface area (Å²) in [5.74, 6) is 1.12. The number of anilines is 2. The fourth-order valence-corrected chi connectivity index (χ4v) is 4.18. The lowest BCUT2D eigenvalue weighted by atomic mass is 10.1. The van der Waals surface area contributed by atoms with Gasteiger partial charge in [0.25, 0.3) is 5.91 Å². The number of hydrogen-bond acceptors (Lipinski definition) is 5. The van der Waals surface area contributed by atoms with Crippen LogP contribution in [0, 0.1) is 6.92 Å². The Hall–Kier alpha value is -3.19. The molecule has 0 aliphatic carbocycles. The molecular weight excluding hydrogens is 392 g/mol. The number of aryl methyl sites for hydroxylation is 1. The van der Waals surface area contributed by atoms with Gasteiger partial charge in [-0.3, -0.25) is 4.79 Å². The summed E-state index contributed by atoms with van der Waals surface area (Å²) < 4.78 is 10.7. The molecule has 4 rings (SSSR count). The van der Waals surface area contributed by atoms with Crippen LogP contribution in [0.1, 0.15) is 23.0 Å². The van der Waals surface area contributed by atoms with Gasteiger partial charge in [-0.1, -0.05) is 6.92 Å². The molecule has 0 unspecified atom stereocenters. The minimum absolute atomic E-state index is 0.194. The van der Waals surface area contributed by atoms with Crippen molar-refractivity contribution in [2.75, 3.05) is 57.2 Å². The number of aromatic amines is 1. The van der Waals surface area contributed by atoms with Crippen molar-refractivity contribution in [1.29, 1.82) is 0 Å². The van der Waals surface area contributed by atoms with Gasteiger partial charge in [-0.05, 0) is 49.4 Å². The molecule has 1 aliphatic heterocycles. The normalized spacial score (nSPS) is 14.6. The third-order valence-corrected chi connectivity index (χ3v) is 5.98. The summed E-state index contributed by atoms with van der Waals surface area (Å²) in [5.41, 5.74) is 4.41. The summed E-state index contributed by atoms with van der Waals surface area (Å²) in [7, 11) is 3.21. The maximum Gasteiger partial charge on any atom is 0.272 e. The molecule has 2 heterocycles. The molecule has 3 aromatic rings. The van der Waals surface area contributed by atoms with Crippen LogP contribution in [0.4, 0.5) is 11.4 Å². The molecule has 2 aromatic carbocycles. The van der Waals surface area contributed by atoms with Crippen LogP contribution in [-0.2, 0) is 0 Å². The number of benzene rings is 2. The predicted octanol–water partition coefficient (Wildman–Crippen LogP) is 3.89. The second-order valence-electron chi connectivity index (χ2n) is 7.85. The van der Waals surface area contributed by atoms with E-state index in [1.807, 2.05) is 24.3 Å². The smallest absolute Gasteiger partial charge is 0.272 e. The average Bonchev–Trinajstić information content (AvgIpc) is 3.23. The highest BCUT2D eigenvalue weighted by Gasteiger charge is 2.18. The van der Waals surface area contributed by atoms with Crippen LogP contribution >= 0.6 is 0 Å². The van der Waals surface area contributed by atoms with Crippen molar-refractivity contribution >= 4 is 28.2 Å². The molecule has 1 aromatic heterocycles. The third-order valence-electron chi connectivity index (χ3n) is 5.98. The van der Waals surface area contributed by atoms with Gasteiger partial charge in [0.2, 0.25) is 0 Å². The molecule has 1 fully saturated rings. The number of likely N-dealkylation sites (N-methyl/N-ethyl adjacent to an activating group) is 1. The van der Waals surface area contributed by atoms with Crippen molar-refractivity contribution in [3.63, 3.8) is 0 Å². The van der Waals surface area contributed by atoms with Crippen molar-refractivity contribution in [3.8, 4) is 11.5 Å². The number of aromatic nitrogens is 1. The molecule has 1 saturated heterocycles. The molecule has 0 atom stereocenters. The fourth-order valence-electron chi connectivity index (χ4n) is 4.18. The molecule has 1 amide bonds. The van der Waals surface area contributed by atoms with E-state index in [2.05, 4.69) is 40.0 Å². The Morgan fingerprint density at radius 1 is 1.06 bits per heavy atom. The number of carbonyl (C=O) groups is 1. The Kier molecular flexibility index (Phi) is 6.04. The zero-order valence-corrected chi connectivity index (χ0v) is 18.6. The molecule has 164 valence electrons. The van der Waals surface area contributed by atoms with Crippen molar-refractivity contribution in [3.05, 3.63) is 47.7 Å². The van der Waals surface area contributed by atoms with Crippen molar-refractivity contribution in [2.24, 2.45) is 0 Å². The maximum absolute atomic E-state index is 12.9. The van der Waals surface area contributed by atoms with E-state index in [1.54, 1.807) is 20.3 Å². The van der Waals surface area contributed by atoms with E-state index in [9.17, 15) is 4.79 Å². The number of piperazine rings is 1. The molecule has 2 N–H and O–H groups in total. The van der Waals surface area contributed by atoms with Gasteiger partial charge in [0.1, 0.15) is 17.2 Å². The minimum atomic E-state index is -0.194. The molecule has 0 radical (unpaired) electrons. The van der Waals surface area contributed by atoms with Crippen LogP contribution < -0.4 is 19.7 Å². The van der Waals surface area contributed by atoms with Gasteiger partial charge in [-0.15, -0.1) is 0 Å². The summed E-state index contributed by atoms with van der Waals surface area (Å²) in [6.45, 7) is 9.63. The van der Waals surface area contributed by atoms with E-state index in [-0.39, 0.29) is 5.91 Å². The standard InChI is InChI=1S/C24H30N4O3/c1-5-27-8-10-28(11-9-27)21-7-6-18(12-16(21)2)25-24(29)20-14-17-13-19(30-3)15-22(31-4)23(17)26-20/h6-7,12-15,26H,5,8-11H2,1-4H3,(H,25,29). The second-order valence-corrected chi connectivity index (χ2v) is 7.85. The molecule has 0 saturated carbocycles. The van der Waals surface area contributed by atoms with Crippen LogP contribution in [-0.4, -0.2) is 62.7 Å². The quantitative estimate of drug-likeness (QED) is 0.631. The van der Waals surface area contributed by atoms with E-state index in [0.717, 1.165) is 54.9 Å². The van der Waals surface area contributed by atoms with Crippen molar-refractivity contribution in [1.82, 2.24) is 9.88 Å². The summed E-state index contributed by atoms with van der Waals surface area (Å²) in [6.07, 6.45) is 0. The lowest BCUT2D eigenvalue weighted by molar-refractivity contribution is 0.102. The van der Waals surface area contributed by atoms with Gasteiger partial charge in [-0.25, -0.2) is 0 Å². The highest BCUT2D eigenvalue weighted by atomic mass is 16.5. The highest BCUT2D eigenvalue weighted by molar-refractivity contribution is 6.06. The number of hydrogen-bond donors (Lipinski definition) is 2. The van der Waals surface area contributed by atoms with Crippen LogP contribution in [0.3, 0.4) is 0 Å². The van der Waals surface area contributed by atoms with E-state index in [1.165, 1.54) is 5.69 Å². The zero-order valence-electron chi connectivity index (χ0n) is 18.6. The molecule has 1 aliphatic rings. The van der Waals surface area contributed by atoms with Crippen LogP contribution in [0.2, 0.25) is 0 Å². The average molecular weight is 423 g/mol. The van der Waals surface area contributed by atoms with Gasteiger partial charge in [0.05, 0.1) is 19.7 Å². The SMILES string of the molecule is CCN1CCN(c2ccc(NC(=O)c3cc4cc(OC)cc(OC)c4[nH]3)cc2C)CC1. The van der Waals surface area contributed by atoms with Crippen LogP contribution in [0.15, 0.2) is 36.4 Å². The lowest BCUT2D eigenvalue weighted by Crippen LogP contribution is -2.46. The Labute approximate surface area is 182 Å². The summed E-state index contributed by atoms with van der Waals surface area (Å²) in [4.78, 5) is 20.9. The van der Waals surface area contributed by atoms with E-state index < -0.39 is 0 Å². The number of nitrogens with one attached hydrogen (secondary N) is 2. The monoisotopic (exact) mass is 422 g/mol. The van der Waals surface area contributed by atoms with Gasteiger partial charge >= 0.3 is 0 Å². The first-order chi connectivity index (χ1) is 15.0. The number of methoxy groups -OCH3 is 2. The highest BCUT2D eigenvalue weighted by Crippen LogP contribution is 2.31. The topological polar surface area (TPSA) is 69.8 Å². The molecule has 0 spiro atoms. The fraction of sp³-hybridized carbons (Fsp3) is 0.375. The Morgan fingerprint density at radius 2 is 1.84 bits per heavy atom. The Bertz CT molecular complexity index is 1080. The van der Waals surface area contributed by atoms with E-state index >= 15 is 0 Å². The third kappa shape index (κ3) is 4.32. The number of amides is 1. The first-order valence-electron chi connectivity index (χ1n) is 10.7. The van der Waals surface area contributed by atoms with Gasteiger partial charge in [0, 0.05) is 49.0 Å². The number of fused-ring (bicyclic) bond motifs is 1. The zero-order chi connectivity index (χ0) is 22.0. The Balaban J connectivity index is 1.50. The molecule has 31 heavy (non-hydrogen) atoms. The molecule has 0 bridgehead atoms. The summed E-state index contributed by atoms with van der Waals surface area (Å²) >= 11 is 0. The predicted molar refractivity (Wildman–Crippen MR) is 125 cm³/mol. The van der Waals surface area contributed by atoms with Gasteiger partial charge in [-0.2, -0.15) is 0 Å². The van der Waals surface area contributed by atoms with Gasteiger partial charge in [0.15, 0.2) is 0 Å². The minimum Gasteiger partial charge on any atom is -0.497 e. The van der Waals surface area contributed by atoms with Gasteiger partial charge < -0.3 is 29.6 Å². The van der Waals surface area contributed by atoms with Crippen molar-refractivity contribution < 1.29 is 14.3 Å². The number of carbonyl (C=O) groups excluding carboxylic acids is 1. The number of ether oxygens (including phenoxy) is 2. The van der Waals surface area contributed by atoms with Crippen molar-refractivity contribution in [2.45, 2.75) is 13.8 Å². The first kappa shape index (κ1) is 21.1. The number of H-pyrrole nitrogens is 1. The largest absolute Gasteiger partial charge is 0.497 e. The molecule has 7 heteroatoms. The summed E-state index contributed by atoms with van der Waals surface area (Å²) in [6, 6.07) is 11.6. The Morgan fingerprint density at radius 3 is 2.48 bits per heavy atom. The first-order valence-corrected chi connectivity index (χ1v) is 10.7. The van der Waals surface area contributed by atoms with E-state index in [4.69, 9.17) is 9.47 Å². The number of rotatable bonds is 6. The van der Waals surface area contributed by atoms with E-state index in [0.29, 0.717) is 17.2 Å².